The van der Waals surface area contributed by atoms with Crippen molar-refractivity contribution in [3.05, 3.63) is 98.0 Å². The third-order valence-corrected chi connectivity index (χ3v) is 9.95. The molecule has 2 aliphatic carbocycles. The molecule has 2 saturated carbocycles. The first-order valence-electron chi connectivity index (χ1n) is 17.0. The van der Waals surface area contributed by atoms with Gasteiger partial charge in [-0.1, -0.05) is 65.1 Å². The SMILES string of the molecule is COCOC[C@H]1NCCC(c2ccc(OCCOc3c(Cl)cccc3Cl)cc2)=C1C(=O)N(Cc1cc(CNC(=O)C2CC2)ccc1Cl)C1CC1. The summed E-state index contributed by atoms with van der Waals surface area (Å²) in [6.07, 6.45) is 4.44. The van der Waals surface area contributed by atoms with Crippen molar-refractivity contribution in [1.82, 2.24) is 15.5 Å². The third-order valence-electron chi connectivity index (χ3n) is 8.99. The van der Waals surface area contributed by atoms with Gasteiger partial charge < -0.3 is 34.5 Å². The Labute approximate surface area is 308 Å². The highest BCUT2D eigenvalue weighted by molar-refractivity contribution is 6.37. The molecule has 0 unspecified atom stereocenters. The Morgan fingerprint density at radius 3 is 2.36 bits per heavy atom. The van der Waals surface area contributed by atoms with Crippen molar-refractivity contribution < 1.29 is 28.5 Å². The molecule has 0 radical (unpaired) electrons. The van der Waals surface area contributed by atoms with Gasteiger partial charge in [0.05, 0.1) is 22.7 Å². The number of nitrogens with zero attached hydrogens (tertiary/aromatic N) is 1. The van der Waals surface area contributed by atoms with Crippen molar-refractivity contribution in [2.45, 2.75) is 57.3 Å². The highest BCUT2D eigenvalue weighted by Gasteiger charge is 2.38. The number of nitrogens with one attached hydrogen (secondary N) is 2. The monoisotopic (exact) mass is 741 g/mol. The molecule has 0 aromatic heterocycles. The van der Waals surface area contributed by atoms with Crippen molar-refractivity contribution in [2.75, 3.05) is 40.3 Å². The summed E-state index contributed by atoms with van der Waals surface area (Å²) < 4.78 is 22.6. The van der Waals surface area contributed by atoms with Crippen LogP contribution in [0.4, 0.5) is 0 Å². The molecule has 3 aromatic rings. The van der Waals surface area contributed by atoms with E-state index in [9.17, 15) is 9.59 Å². The van der Waals surface area contributed by atoms with E-state index in [1.54, 1.807) is 25.3 Å². The second-order valence-electron chi connectivity index (χ2n) is 12.8. The summed E-state index contributed by atoms with van der Waals surface area (Å²) in [6.45, 7) is 2.45. The zero-order chi connectivity index (χ0) is 35.0. The van der Waals surface area contributed by atoms with Crippen LogP contribution in [0, 0.1) is 5.92 Å². The number of halogens is 3. The van der Waals surface area contributed by atoms with E-state index in [1.165, 1.54) is 0 Å². The quantitative estimate of drug-likeness (QED) is 0.113. The Bertz CT molecular complexity index is 1670. The number of carbonyl (C=O) groups is 2. The molecular formula is C38H42Cl3N3O6. The van der Waals surface area contributed by atoms with Gasteiger partial charge in [0.2, 0.25) is 5.91 Å². The van der Waals surface area contributed by atoms with Crippen LogP contribution < -0.4 is 20.1 Å². The number of hydrogen-bond acceptors (Lipinski definition) is 7. The molecule has 1 aliphatic heterocycles. The van der Waals surface area contributed by atoms with E-state index < -0.39 is 0 Å². The molecule has 0 saturated heterocycles. The summed E-state index contributed by atoms with van der Waals surface area (Å²) in [5.74, 6) is 1.30. The standard InChI is InChI=1S/C38H42Cl3N3O6/c1-47-23-48-22-34-35(38(46)44(28-10-11-28)21-27-19-24(5-14-31(27)39)20-43-37(45)26-6-7-26)30(15-16-42-34)25-8-12-29(13-9-25)49-17-18-50-36-32(40)3-2-4-33(36)41/h2-5,8-9,12-14,19,26,28,34,42H,6-7,10-11,15-18,20-23H2,1H3,(H,43,45)/t34-/m1/s1. The maximum Gasteiger partial charge on any atom is 0.252 e. The maximum atomic E-state index is 14.7. The molecule has 1 heterocycles. The van der Waals surface area contributed by atoms with Gasteiger partial charge in [0.1, 0.15) is 25.8 Å². The number of hydrogen-bond donors (Lipinski definition) is 2. The van der Waals surface area contributed by atoms with Crippen LogP contribution in [0.5, 0.6) is 11.5 Å². The number of methoxy groups -OCH3 is 1. The van der Waals surface area contributed by atoms with Crippen molar-refractivity contribution in [3.63, 3.8) is 0 Å². The normalized spacial score (nSPS) is 17.4. The number of benzene rings is 3. The fraction of sp³-hybridized carbons (Fsp3) is 0.421. The Kier molecular flexibility index (Phi) is 12.6. The minimum absolute atomic E-state index is 0.0417. The van der Waals surface area contributed by atoms with Gasteiger partial charge in [0.25, 0.3) is 5.91 Å². The van der Waals surface area contributed by atoms with Crippen molar-refractivity contribution in [2.24, 2.45) is 5.92 Å². The fourth-order valence-electron chi connectivity index (χ4n) is 6.09. The largest absolute Gasteiger partial charge is 0.490 e. The minimum atomic E-state index is -0.327. The molecule has 50 heavy (non-hydrogen) atoms. The van der Waals surface area contributed by atoms with Crippen molar-refractivity contribution >= 4 is 52.2 Å². The van der Waals surface area contributed by atoms with Gasteiger partial charge in [-0.2, -0.15) is 0 Å². The van der Waals surface area contributed by atoms with Gasteiger partial charge in [0, 0.05) is 42.8 Å². The van der Waals surface area contributed by atoms with Crippen LogP contribution in [0.2, 0.25) is 15.1 Å². The molecule has 9 nitrogen and oxygen atoms in total. The lowest BCUT2D eigenvalue weighted by Gasteiger charge is -2.33. The predicted molar refractivity (Wildman–Crippen MR) is 195 cm³/mol. The molecule has 3 aromatic carbocycles. The molecule has 0 spiro atoms. The van der Waals surface area contributed by atoms with E-state index in [1.807, 2.05) is 47.4 Å². The minimum Gasteiger partial charge on any atom is -0.490 e. The fourth-order valence-corrected chi connectivity index (χ4v) is 6.78. The summed E-state index contributed by atoms with van der Waals surface area (Å²) in [4.78, 5) is 28.9. The molecule has 3 aliphatic rings. The molecule has 2 fully saturated rings. The molecular weight excluding hydrogens is 701 g/mol. The summed E-state index contributed by atoms with van der Waals surface area (Å²) >= 11 is 19.1. The third kappa shape index (κ3) is 9.51. The highest BCUT2D eigenvalue weighted by atomic mass is 35.5. The van der Waals surface area contributed by atoms with Gasteiger partial charge in [-0.25, -0.2) is 0 Å². The second-order valence-corrected chi connectivity index (χ2v) is 14.0. The molecule has 12 heteroatoms. The van der Waals surface area contributed by atoms with Gasteiger partial charge in [-0.05, 0) is 91.2 Å². The Hall–Kier alpha value is -3.31. The second kappa shape index (κ2) is 17.3. The Morgan fingerprint density at radius 2 is 1.66 bits per heavy atom. The van der Waals surface area contributed by atoms with E-state index in [0.29, 0.717) is 64.8 Å². The Balaban J connectivity index is 1.19. The zero-order valence-electron chi connectivity index (χ0n) is 28.0. The van der Waals surface area contributed by atoms with E-state index in [0.717, 1.165) is 47.9 Å². The molecule has 2 N–H and O–H groups in total. The molecule has 266 valence electrons. The van der Waals surface area contributed by atoms with Gasteiger partial charge in [0.15, 0.2) is 5.75 Å². The number of para-hydroxylation sites is 1. The summed E-state index contributed by atoms with van der Waals surface area (Å²) in [7, 11) is 1.58. The van der Waals surface area contributed by atoms with Crippen LogP contribution in [0.15, 0.2) is 66.2 Å². The maximum absolute atomic E-state index is 14.7. The Morgan fingerprint density at radius 1 is 0.920 bits per heavy atom. The molecule has 6 rings (SSSR count). The number of carbonyl (C=O) groups excluding carboxylic acids is 2. The number of amides is 2. The van der Waals surface area contributed by atoms with Crippen LogP contribution in [-0.4, -0.2) is 69.1 Å². The van der Waals surface area contributed by atoms with E-state index >= 15 is 0 Å². The number of rotatable bonds is 17. The first-order valence-corrected chi connectivity index (χ1v) is 18.1. The van der Waals surface area contributed by atoms with E-state index in [2.05, 4.69) is 10.6 Å². The van der Waals surface area contributed by atoms with Crippen LogP contribution in [0.3, 0.4) is 0 Å². The first kappa shape index (κ1) is 36.5. The number of ether oxygens (including phenoxy) is 4. The lowest BCUT2D eigenvalue weighted by molar-refractivity contribution is -0.129. The van der Waals surface area contributed by atoms with Gasteiger partial charge >= 0.3 is 0 Å². The lowest BCUT2D eigenvalue weighted by atomic mass is 9.88. The van der Waals surface area contributed by atoms with Crippen LogP contribution in [0.1, 0.15) is 48.8 Å². The van der Waals surface area contributed by atoms with E-state index in [-0.39, 0.29) is 49.8 Å². The molecule has 1 atom stereocenters. The topological polar surface area (TPSA) is 98.4 Å². The summed E-state index contributed by atoms with van der Waals surface area (Å²) in [6, 6.07) is 18.5. The van der Waals surface area contributed by atoms with Crippen molar-refractivity contribution in [3.8, 4) is 11.5 Å². The summed E-state index contributed by atoms with van der Waals surface area (Å²) in [5.41, 5.74) is 4.40. The first-order chi connectivity index (χ1) is 24.3. The molecule has 2 amide bonds. The zero-order valence-corrected chi connectivity index (χ0v) is 30.3. The van der Waals surface area contributed by atoms with Crippen molar-refractivity contribution in [1.29, 1.82) is 0 Å². The lowest BCUT2D eigenvalue weighted by Crippen LogP contribution is -2.47. The summed E-state index contributed by atoms with van der Waals surface area (Å²) in [5, 5.41) is 8.01. The van der Waals surface area contributed by atoms with Gasteiger partial charge in [-0.3, -0.25) is 9.59 Å². The van der Waals surface area contributed by atoms with Crippen LogP contribution >= 0.6 is 34.8 Å². The van der Waals surface area contributed by atoms with Crippen LogP contribution in [-0.2, 0) is 32.2 Å². The average molecular weight is 743 g/mol. The van der Waals surface area contributed by atoms with Gasteiger partial charge in [-0.15, -0.1) is 0 Å². The molecule has 0 bridgehead atoms. The van der Waals surface area contributed by atoms with E-state index in [4.69, 9.17) is 53.8 Å². The smallest absolute Gasteiger partial charge is 0.252 e. The average Bonchev–Trinajstić information content (AvgIpc) is 4.05. The highest BCUT2D eigenvalue weighted by Crippen LogP contribution is 2.36. The predicted octanol–water partition coefficient (Wildman–Crippen LogP) is 7.06. The van der Waals surface area contributed by atoms with Crippen LogP contribution in [0.25, 0.3) is 5.57 Å².